The van der Waals surface area contributed by atoms with Gasteiger partial charge in [-0.2, -0.15) is 0 Å². The molecule has 2 rings (SSSR count). The first kappa shape index (κ1) is 6.09. The number of carbonyl (C=O) groups excluding carboxylic acids is 1. The van der Waals surface area contributed by atoms with Gasteiger partial charge in [0.1, 0.15) is 5.82 Å². The third kappa shape index (κ3) is 0.813. The van der Waals surface area contributed by atoms with E-state index in [0.717, 1.165) is 0 Å². The van der Waals surface area contributed by atoms with E-state index in [4.69, 9.17) is 5.73 Å². The second-order valence-corrected chi connectivity index (χ2v) is 2.40. The molecule has 1 atom stereocenters. The van der Waals surface area contributed by atoms with Crippen molar-refractivity contribution in [2.75, 3.05) is 0 Å². The molecule has 0 spiro atoms. The van der Waals surface area contributed by atoms with Crippen molar-refractivity contribution in [1.29, 1.82) is 0 Å². The van der Waals surface area contributed by atoms with Gasteiger partial charge in [-0.25, -0.2) is 0 Å². The van der Waals surface area contributed by atoms with Gasteiger partial charge in [0, 0.05) is 18.6 Å². The molecule has 0 aliphatic carbocycles. The van der Waals surface area contributed by atoms with Crippen LogP contribution in [0.15, 0.2) is 24.4 Å². The number of carbonyl (C=O) groups is 1. The summed E-state index contributed by atoms with van der Waals surface area (Å²) in [5.41, 5.74) is 5.45. The third-order valence-electron chi connectivity index (χ3n) is 1.61. The van der Waals surface area contributed by atoms with Gasteiger partial charge in [0.25, 0.3) is 5.91 Å². The molecule has 2 aliphatic heterocycles. The monoisotopic (exact) mass is 152 g/mol. The van der Waals surface area contributed by atoms with Crippen LogP contribution in [0.2, 0.25) is 0 Å². The molecular weight excluding hydrogens is 144 g/mol. The molecular formula is C6H8N4O. The van der Waals surface area contributed by atoms with E-state index in [0.29, 0.717) is 5.82 Å². The highest BCUT2D eigenvalue weighted by Crippen LogP contribution is 2.10. The van der Waals surface area contributed by atoms with E-state index in [1.165, 1.54) is 0 Å². The van der Waals surface area contributed by atoms with Crippen molar-refractivity contribution in [3.63, 3.8) is 0 Å². The van der Waals surface area contributed by atoms with Crippen molar-refractivity contribution in [2.24, 2.45) is 5.73 Å². The van der Waals surface area contributed by atoms with E-state index in [2.05, 4.69) is 10.6 Å². The Morgan fingerprint density at radius 1 is 1.64 bits per heavy atom. The van der Waals surface area contributed by atoms with Crippen LogP contribution in [0.3, 0.4) is 0 Å². The number of amides is 1. The maximum Gasteiger partial charge on any atom is 0.267 e. The average molecular weight is 152 g/mol. The molecule has 1 unspecified atom stereocenters. The maximum absolute atomic E-state index is 11.1. The zero-order chi connectivity index (χ0) is 7.84. The Kier molecular flexibility index (Phi) is 1.06. The predicted octanol–water partition coefficient (Wildman–Crippen LogP) is -1.42. The van der Waals surface area contributed by atoms with Crippen LogP contribution in [0.25, 0.3) is 0 Å². The molecule has 11 heavy (non-hydrogen) atoms. The summed E-state index contributed by atoms with van der Waals surface area (Å²) in [6.45, 7) is 0. The second-order valence-electron chi connectivity index (χ2n) is 2.40. The second kappa shape index (κ2) is 1.91. The maximum atomic E-state index is 11.1. The Morgan fingerprint density at radius 2 is 2.45 bits per heavy atom. The van der Waals surface area contributed by atoms with Crippen LogP contribution in [0.4, 0.5) is 0 Å². The first-order valence-corrected chi connectivity index (χ1v) is 3.26. The summed E-state index contributed by atoms with van der Waals surface area (Å²) in [7, 11) is 0. The zero-order valence-corrected chi connectivity index (χ0v) is 5.74. The number of nitrogens with zero attached hydrogens (tertiary/aromatic N) is 1. The van der Waals surface area contributed by atoms with Crippen molar-refractivity contribution < 1.29 is 4.79 Å². The summed E-state index contributed by atoms with van der Waals surface area (Å²) in [5.74, 6) is 0.418. The Labute approximate surface area is 63.5 Å². The standard InChI is InChI=1S/C6H8N4O/c7-4-3-10-2-1-8-6(11)5(10)9-4/h1-3,5,9H,7H2,(H,8,11). The molecule has 58 valence electrons. The lowest BCUT2D eigenvalue weighted by atomic mass is 10.4. The van der Waals surface area contributed by atoms with Crippen molar-refractivity contribution in [3.05, 3.63) is 24.4 Å². The van der Waals surface area contributed by atoms with Crippen LogP contribution in [-0.4, -0.2) is 17.0 Å². The lowest BCUT2D eigenvalue weighted by Crippen LogP contribution is -2.49. The average Bonchev–Trinajstić information content (AvgIpc) is 2.31. The lowest BCUT2D eigenvalue weighted by molar-refractivity contribution is -0.124. The fourth-order valence-electron chi connectivity index (χ4n) is 1.12. The molecule has 2 aliphatic rings. The Bertz CT molecular complexity index is 257. The largest absolute Gasteiger partial charge is 0.384 e. The third-order valence-corrected chi connectivity index (χ3v) is 1.61. The van der Waals surface area contributed by atoms with Crippen LogP contribution < -0.4 is 16.4 Å². The zero-order valence-electron chi connectivity index (χ0n) is 5.74. The quantitative estimate of drug-likeness (QED) is 0.398. The fourth-order valence-corrected chi connectivity index (χ4v) is 1.12. The summed E-state index contributed by atoms with van der Waals surface area (Å²) < 4.78 is 0. The molecule has 4 N–H and O–H groups in total. The summed E-state index contributed by atoms with van der Waals surface area (Å²) in [4.78, 5) is 12.8. The van der Waals surface area contributed by atoms with Crippen LogP contribution in [0, 0.1) is 0 Å². The predicted molar refractivity (Wildman–Crippen MR) is 38.3 cm³/mol. The van der Waals surface area contributed by atoms with Crippen LogP contribution >= 0.6 is 0 Å². The lowest BCUT2D eigenvalue weighted by Gasteiger charge is -2.23. The normalized spacial score (nSPS) is 27.3. The van der Waals surface area contributed by atoms with E-state index in [-0.39, 0.29) is 12.1 Å². The number of hydrogen-bond acceptors (Lipinski definition) is 4. The number of rotatable bonds is 0. The highest BCUT2D eigenvalue weighted by Gasteiger charge is 2.29. The Hall–Kier alpha value is -1.65. The van der Waals surface area contributed by atoms with Gasteiger partial charge in [-0.15, -0.1) is 0 Å². The highest BCUT2D eigenvalue weighted by molar-refractivity contribution is 5.84. The molecule has 5 heteroatoms. The molecule has 0 aromatic heterocycles. The van der Waals surface area contributed by atoms with Crippen molar-refractivity contribution >= 4 is 5.91 Å². The molecule has 0 aromatic carbocycles. The van der Waals surface area contributed by atoms with Gasteiger partial charge in [0.15, 0.2) is 6.17 Å². The summed E-state index contributed by atoms with van der Waals surface area (Å²) in [5, 5.41) is 5.37. The van der Waals surface area contributed by atoms with Crippen molar-refractivity contribution in [2.45, 2.75) is 6.17 Å². The van der Waals surface area contributed by atoms with Crippen molar-refractivity contribution in [1.82, 2.24) is 15.5 Å². The summed E-state index contributed by atoms with van der Waals surface area (Å²) >= 11 is 0. The van der Waals surface area contributed by atoms with Gasteiger partial charge in [0.05, 0.1) is 0 Å². The molecule has 0 saturated carbocycles. The molecule has 0 radical (unpaired) electrons. The topological polar surface area (TPSA) is 70.4 Å². The molecule has 0 fully saturated rings. The smallest absolute Gasteiger partial charge is 0.267 e. The van der Waals surface area contributed by atoms with E-state index < -0.39 is 0 Å². The van der Waals surface area contributed by atoms with E-state index in [1.807, 2.05) is 0 Å². The number of nitrogens with one attached hydrogen (secondary N) is 2. The minimum absolute atomic E-state index is 0.0933. The molecule has 0 aromatic rings. The van der Waals surface area contributed by atoms with Gasteiger partial charge in [-0.1, -0.05) is 0 Å². The molecule has 2 heterocycles. The Morgan fingerprint density at radius 3 is 3.18 bits per heavy atom. The van der Waals surface area contributed by atoms with Gasteiger partial charge in [-0.3, -0.25) is 4.79 Å². The van der Waals surface area contributed by atoms with E-state index in [9.17, 15) is 4.79 Å². The van der Waals surface area contributed by atoms with E-state index >= 15 is 0 Å². The molecule has 5 nitrogen and oxygen atoms in total. The molecule has 0 saturated heterocycles. The van der Waals surface area contributed by atoms with Crippen LogP contribution in [-0.2, 0) is 4.79 Å². The van der Waals surface area contributed by atoms with Gasteiger partial charge < -0.3 is 21.3 Å². The Balaban J connectivity index is 2.27. The SMILES string of the molecule is NC1=CN2C=CNC(=O)C2N1. The number of nitrogens with two attached hydrogens (primary N) is 1. The van der Waals surface area contributed by atoms with Crippen LogP contribution in [0.1, 0.15) is 0 Å². The van der Waals surface area contributed by atoms with E-state index in [1.54, 1.807) is 23.5 Å². The fraction of sp³-hybridized carbons (Fsp3) is 0.167. The number of hydrogen-bond donors (Lipinski definition) is 3. The van der Waals surface area contributed by atoms with Crippen molar-refractivity contribution in [3.8, 4) is 0 Å². The highest BCUT2D eigenvalue weighted by atomic mass is 16.2. The van der Waals surface area contributed by atoms with Gasteiger partial charge >= 0.3 is 0 Å². The minimum Gasteiger partial charge on any atom is -0.384 e. The first-order chi connectivity index (χ1) is 5.27. The van der Waals surface area contributed by atoms with Crippen LogP contribution in [0.5, 0.6) is 0 Å². The van der Waals surface area contributed by atoms with Gasteiger partial charge in [0.2, 0.25) is 0 Å². The molecule has 1 amide bonds. The summed E-state index contributed by atoms with van der Waals surface area (Å²) in [6, 6.07) is 0. The molecule has 0 bridgehead atoms. The number of fused-ring (bicyclic) bond motifs is 1. The first-order valence-electron chi connectivity index (χ1n) is 3.26. The minimum atomic E-state index is -0.361. The van der Waals surface area contributed by atoms with Gasteiger partial charge in [-0.05, 0) is 0 Å². The summed E-state index contributed by atoms with van der Waals surface area (Å²) in [6.07, 6.45) is 4.65.